The molecule has 1 saturated heterocycles. The molecule has 6 nitrogen and oxygen atoms in total. The van der Waals surface area contributed by atoms with Crippen LogP contribution >= 0.6 is 0 Å². The van der Waals surface area contributed by atoms with Crippen LogP contribution in [0.1, 0.15) is 25.3 Å². The summed E-state index contributed by atoms with van der Waals surface area (Å²) >= 11 is 0. The van der Waals surface area contributed by atoms with Crippen molar-refractivity contribution in [1.82, 2.24) is 15.6 Å². The van der Waals surface area contributed by atoms with Gasteiger partial charge in [0.1, 0.15) is 5.82 Å². The molecule has 0 unspecified atom stereocenters. The number of hydrogen-bond acceptors (Lipinski definition) is 4. The largest absolute Gasteiger partial charge is 0.394 e. The number of aromatic nitrogens is 1. The molecule has 0 bridgehead atoms. The predicted molar refractivity (Wildman–Crippen MR) is 77.6 cm³/mol. The van der Waals surface area contributed by atoms with E-state index in [0.29, 0.717) is 6.54 Å². The number of anilines is 1. The van der Waals surface area contributed by atoms with Gasteiger partial charge in [-0.1, -0.05) is 6.07 Å². The number of nitrogens with one attached hydrogen (secondary N) is 2. The van der Waals surface area contributed by atoms with Gasteiger partial charge in [0.25, 0.3) is 0 Å². The molecule has 0 radical (unpaired) electrons. The lowest BCUT2D eigenvalue weighted by Gasteiger charge is -2.16. The number of rotatable bonds is 5. The second-order valence-electron chi connectivity index (χ2n) is 5.13. The van der Waals surface area contributed by atoms with Gasteiger partial charge in [-0.25, -0.2) is 9.78 Å². The summed E-state index contributed by atoms with van der Waals surface area (Å²) in [6.07, 6.45) is 4.26. The molecule has 1 fully saturated rings. The maximum absolute atomic E-state index is 11.5. The molecular weight excluding hydrogens is 256 g/mol. The number of pyridine rings is 1. The lowest BCUT2D eigenvalue weighted by molar-refractivity contribution is 0.220. The summed E-state index contributed by atoms with van der Waals surface area (Å²) < 4.78 is 0. The van der Waals surface area contributed by atoms with E-state index in [2.05, 4.69) is 20.5 Å². The van der Waals surface area contributed by atoms with Crippen molar-refractivity contribution in [2.75, 3.05) is 24.6 Å². The summed E-state index contributed by atoms with van der Waals surface area (Å²) in [5.41, 5.74) is 0.958. The fourth-order valence-electron chi connectivity index (χ4n) is 2.16. The van der Waals surface area contributed by atoms with E-state index in [9.17, 15) is 4.79 Å². The van der Waals surface area contributed by atoms with Gasteiger partial charge >= 0.3 is 6.03 Å². The molecular formula is C14H22N4O2. The van der Waals surface area contributed by atoms with Crippen molar-refractivity contribution in [1.29, 1.82) is 0 Å². The molecule has 20 heavy (non-hydrogen) atoms. The average molecular weight is 278 g/mol. The molecule has 1 aromatic heterocycles. The minimum Gasteiger partial charge on any atom is -0.394 e. The Morgan fingerprint density at radius 3 is 2.80 bits per heavy atom. The molecule has 0 spiro atoms. The van der Waals surface area contributed by atoms with Gasteiger partial charge in [0.2, 0.25) is 0 Å². The minimum atomic E-state index is -0.282. The molecule has 0 saturated carbocycles. The van der Waals surface area contributed by atoms with Crippen molar-refractivity contribution in [2.45, 2.75) is 32.4 Å². The SMILES string of the molecule is C[C@H](CO)NC(=O)NCc1ccc(N2CCCC2)nc1. The lowest BCUT2D eigenvalue weighted by atomic mass is 10.3. The third-order valence-corrected chi connectivity index (χ3v) is 3.34. The van der Waals surface area contributed by atoms with Gasteiger partial charge in [0, 0.05) is 25.8 Å². The quantitative estimate of drug-likeness (QED) is 0.746. The summed E-state index contributed by atoms with van der Waals surface area (Å²) in [6.45, 7) is 4.25. The van der Waals surface area contributed by atoms with Crippen LogP contribution in [0.5, 0.6) is 0 Å². The normalized spacial score (nSPS) is 16.0. The first kappa shape index (κ1) is 14.6. The molecule has 1 aliphatic rings. The van der Waals surface area contributed by atoms with Crippen LogP contribution in [0.25, 0.3) is 0 Å². The zero-order valence-electron chi connectivity index (χ0n) is 11.8. The number of urea groups is 1. The Morgan fingerprint density at radius 1 is 1.45 bits per heavy atom. The van der Waals surface area contributed by atoms with Crippen LogP contribution in [0.15, 0.2) is 18.3 Å². The monoisotopic (exact) mass is 278 g/mol. The highest BCUT2D eigenvalue weighted by molar-refractivity contribution is 5.74. The van der Waals surface area contributed by atoms with Gasteiger partial charge in [0.15, 0.2) is 0 Å². The third kappa shape index (κ3) is 4.09. The minimum absolute atomic E-state index is 0.0699. The molecule has 3 N–H and O–H groups in total. The zero-order valence-corrected chi connectivity index (χ0v) is 11.8. The fraction of sp³-hybridized carbons (Fsp3) is 0.571. The number of amides is 2. The number of carbonyl (C=O) groups is 1. The Kier molecular flexibility index (Phi) is 5.17. The van der Waals surface area contributed by atoms with Crippen LogP contribution in [0.4, 0.5) is 10.6 Å². The Morgan fingerprint density at radius 2 is 2.20 bits per heavy atom. The van der Waals surface area contributed by atoms with Gasteiger partial charge in [-0.2, -0.15) is 0 Å². The van der Waals surface area contributed by atoms with E-state index in [1.807, 2.05) is 12.1 Å². The Hall–Kier alpha value is -1.82. The number of nitrogens with zero attached hydrogens (tertiary/aromatic N) is 2. The standard InChI is InChI=1S/C14H22N4O2/c1-11(10-19)17-14(20)16-9-12-4-5-13(15-8-12)18-6-2-3-7-18/h4-5,8,11,19H,2-3,6-7,9-10H2,1H3,(H2,16,17,20)/t11-/m1/s1. The Bertz CT molecular complexity index is 429. The smallest absolute Gasteiger partial charge is 0.315 e. The van der Waals surface area contributed by atoms with Crippen LogP contribution in [-0.2, 0) is 6.54 Å². The number of aliphatic hydroxyl groups excluding tert-OH is 1. The van der Waals surface area contributed by atoms with Crippen molar-refractivity contribution in [2.24, 2.45) is 0 Å². The van der Waals surface area contributed by atoms with E-state index in [1.165, 1.54) is 12.8 Å². The first-order chi connectivity index (χ1) is 9.69. The van der Waals surface area contributed by atoms with Crippen LogP contribution in [0.3, 0.4) is 0 Å². The second kappa shape index (κ2) is 7.09. The van der Waals surface area contributed by atoms with E-state index in [-0.39, 0.29) is 18.7 Å². The summed E-state index contributed by atoms with van der Waals surface area (Å²) in [7, 11) is 0. The summed E-state index contributed by atoms with van der Waals surface area (Å²) in [5.74, 6) is 1.00. The molecule has 1 atom stereocenters. The van der Waals surface area contributed by atoms with Crippen molar-refractivity contribution < 1.29 is 9.90 Å². The van der Waals surface area contributed by atoms with E-state index < -0.39 is 0 Å². The predicted octanol–water partition coefficient (Wildman–Crippen LogP) is 0.862. The topological polar surface area (TPSA) is 77.5 Å². The van der Waals surface area contributed by atoms with Gasteiger partial charge in [-0.05, 0) is 31.4 Å². The highest BCUT2D eigenvalue weighted by Crippen LogP contribution is 2.17. The van der Waals surface area contributed by atoms with Gasteiger partial charge < -0.3 is 20.6 Å². The summed E-state index contributed by atoms with van der Waals surface area (Å²) in [6, 6.07) is 3.45. The maximum Gasteiger partial charge on any atom is 0.315 e. The van der Waals surface area contributed by atoms with Crippen molar-refractivity contribution in [3.8, 4) is 0 Å². The van der Waals surface area contributed by atoms with Gasteiger partial charge in [0.05, 0.1) is 12.6 Å². The number of carbonyl (C=O) groups excluding carboxylic acids is 1. The highest BCUT2D eigenvalue weighted by atomic mass is 16.3. The first-order valence-electron chi connectivity index (χ1n) is 7.04. The third-order valence-electron chi connectivity index (χ3n) is 3.34. The average Bonchev–Trinajstić information content (AvgIpc) is 2.99. The van der Waals surface area contributed by atoms with Crippen molar-refractivity contribution >= 4 is 11.8 Å². The molecule has 6 heteroatoms. The van der Waals surface area contributed by atoms with E-state index in [4.69, 9.17) is 5.11 Å². The lowest BCUT2D eigenvalue weighted by Crippen LogP contribution is -2.41. The molecule has 2 rings (SSSR count). The Balaban J connectivity index is 1.80. The summed E-state index contributed by atoms with van der Waals surface area (Å²) in [4.78, 5) is 18.2. The molecule has 1 aliphatic heterocycles. The Labute approximate surface area is 119 Å². The zero-order chi connectivity index (χ0) is 14.4. The molecule has 0 aliphatic carbocycles. The van der Waals surface area contributed by atoms with E-state index >= 15 is 0 Å². The maximum atomic E-state index is 11.5. The first-order valence-corrected chi connectivity index (χ1v) is 7.04. The van der Waals surface area contributed by atoms with E-state index in [0.717, 1.165) is 24.5 Å². The highest BCUT2D eigenvalue weighted by Gasteiger charge is 2.13. The van der Waals surface area contributed by atoms with Crippen LogP contribution in [0, 0.1) is 0 Å². The molecule has 0 aromatic carbocycles. The summed E-state index contributed by atoms with van der Waals surface area (Å²) in [5, 5.41) is 14.2. The number of hydrogen-bond donors (Lipinski definition) is 3. The van der Waals surface area contributed by atoms with Crippen LogP contribution < -0.4 is 15.5 Å². The van der Waals surface area contributed by atoms with E-state index in [1.54, 1.807) is 13.1 Å². The van der Waals surface area contributed by atoms with Gasteiger partial charge in [-0.15, -0.1) is 0 Å². The molecule has 2 heterocycles. The van der Waals surface area contributed by atoms with Crippen LogP contribution in [0.2, 0.25) is 0 Å². The van der Waals surface area contributed by atoms with Crippen LogP contribution in [-0.4, -0.2) is 41.9 Å². The van der Waals surface area contributed by atoms with Gasteiger partial charge in [-0.3, -0.25) is 0 Å². The number of aliphatic hydroxyl groups is 1. The van der Waals surface area contributed by atoms with Crippen molar-refractivity contribution in [3.63, 3.8) is 0 Å². The fourth-order valence-corrected chi connectivity index (χ4v) is 2.16. The second-order valence-corrected chi connectivity index (χ2v) is 5.13. The van der Waals surface area contributed by atoms with Crippen molar-refractivity contribution in [3.05, 3.63) is 23.9 Å². The molecule has 110 valence electrons. The molecule has 2 amide bonds. The molecule has 1 aromatic rings.